The van der Waals surface area contributed by atoms with Crippen LogP contribution in [0.1, 0.15) is 5.56 Å². The van der Waals surface area contributed by atoms with Crippen molar-refractivity contribution in [1.29, 1.82) is 0 Å². The monoisotopic (exact) mass is 215 g/mol. The van der Waals surface area contributed by atoms with Gasteiger partial charge in [-0.05, 0) is 24.6 Å². The molecule has 0 radical (unpaired) electrons. The highest BCUT2D eigenvalue weighted by Crippen LogP contribution is 2.37. The highest BCUT2D eigenvalue weighted by molar-refractivity contribution is 5.74. The van der Waals surface area contributed by atoms with Crippen molar-refractivity contribution in [2.24, 2.45) is 0 Å². The number of phenols is 1. The third-order valence-electron chi connectivity index (χ3n) is 2.55. The first-order valence-electron chi connectivity index (χ1n) is 5.01. The van der Waals surface area contributed by atoms with Gasteiger partial charge in [0.2, 0.25) is 0 Å². The molecule has 3 heteroatoms. The molecular weight excluding hydrogens is 202 g/mol. The van der Waals surface area contributed by atoms with Crippen molar-refractivity contribution in [1.82, 2.24) is 4.98 Å². The van der Waals surface area contributed by atoms with Crippen LogP contribution in [0.3, 0.4) is 0 Å². The maximum atomic E-state index is 10.0. The topological polar surface area (TPSA) is 42.4 Å². The van der Waals surface area contributed by atoms with Crippen molar-refractivity contribution in [2.45, 2.75) is 6.92 Å². The molecule has 0 fully saturated rings. The Labute approximate surface area is 94.3 Å². The molecule has 1 aromatic heterocycles. The average molecular weight is 215 g/mol. The van der Waals surface area contributed by atoms with Gasteiger partial charge in [-0.3, -0.25) is 4.98 Å². The predicted molar refractivity (Wildman–Crippen MR) is 62.6 cm³/mol. The molecule has 0 aliphatic heterocycles. The van der Waals surface area contributed by atoms with Crippen molar-refractivity contribution >= 4 is 0 Å². The van der Waals surface area contributed by atoms with E-state index in [-0.39, 0.29) is 5.75 Å². The van der Waals surface area contributed by atoms with Crippen LogP contribution in [0.25, 0.3) is 11.1 Å². The van der Waals surface area contributed by atoms with E-state index in [1.54, 1.807) is 18.5 Å². The molecule has 2 rings (SSSR count). The lowest BCUT2D eigenvalue weighted by Gasteiger charge is -2.10. The SMILES string of the molecule is COc1cccc(-c2cnccc2C)c1O. The summed E-state index contributed by atoms with van der Waals surface area (Å²) in [5.74, 6) is 0.627. The number of nitrogens with zero attached hydrogens (tertiary/aromatic N) is 1. The van der Waals surface area contributed by atoms with Crippen molar-refractivity contribution in [3.05, 3.63) is 42.2 Å². The minimum absolute atomic E-state index is 0.154. The second-order valence-electron chi connectivity index (χ2n) is 3.55. The van der Waals surface area contributed by atoms with Gasteiger partial charge in [0.15, 0.2) is 11.5 Å². The molecule has 0 aliphatic carbocycles. The number of hydrogen-bond acceptors (Lipinski definition) is 3. The first-order valence-corrected chi connectivity index (χ1v) is 5.01. The van der Waals surface area contributed by atoms with Crippen LogP contribution in [-0.4, -0.2) is 17.2 Å². The molecule has 1 N–H and O–H groups in total. The number of aryl methyl sites for hydroxylation is 1. The third-order valence-corrected chi connectivity index (χ3v) is 2.55. The molecule has 2 aromatic rings. The number of aromatic hydroxyl groups is 1. The second kappa shape index (κ2) is 4.23. The van der Waals surface area contributed by atoms with Crippen LogP contribution < -0.4 is 4.74 Å². The summed E-state index contributed by atoms with van der Waals surface area (Å²) in [5, 5.41) is 10.0. The van der Waals surface area contributed by atoms with E-state index >= 15 is 0 Å². The molecule has 16 heavy (non-hydrogen) atoms. The van der Waals surface area contributed by atoms with Gasteiger partial charge >= 0.3 is 0 Å². The summed E-state index contributed by atoms with van der Waals surface area (Å²) in [7, 11) is 1.54. The summed E-state index contributed by atoms with van der Waals surface area (Å²) < 4.78 is 5.08. The van der Waals surface area contributed by atoms with E-state index in [1.165, 1.54) is 7.11 Å². The molecule has 3 nitrogen and oxygen atoms in total. The molecule has 0 saturated carbocycles. The van der Waals surface area contributed by atoms with Crippen LogP contribution in [0.5, 0.6) is 11.5 Å². The van der Waals surface area contributed by atoms with E-state index in [2.05, 4.69) is 4.98 Å². The van der Waals surface area contributed by atoms with Crippen LogP contribution in [0, 0.1) is 6.92 Å². The summed E-state index contributed by atoms with van der Waals surface area (Å²) in [6.07, 6.45) is 3.47. The van der Waals surface area contributed by atoms with E-state index in [9.17, 15) is 5.11 Å². The molecule has 0 saturated heterocycles. The van der Waals surface area contributed by atoms with Gasteiger partial charge in [0.25, 0.3) is 0 Å². The lowest BCUT2D eigenvalue weighted by Crippen LogP contribution is -1.88. The normalized spacial score (nSPS) is 10.1. The third kappa shape index (κ3) is 1.72. The molecule has 0 atom stereocenters. The molecule has 1 aromatic carbocycles. The largest absolute Gasteiger partial charge is 0.504 e. The zero-order valence-corrected chi connectivity index (χ0v) is 9.27. The Kier molecular flexibility index (Phi) is 2.77. The van der Waals surface area contributed by atoms with Gasteiger partial charge in [0, 0.05) is 23.5 Å². The van der Waals surface area contributed by atoms with Crippen molar-refractivity contribution in [3.63, 3.8) is 0 Å². The fourth-order valence-corrected chi connectivity index (χ4v) is 1.65. The minimum atomic E-state index is 0.154. The van der Waals surface area contributed by atoms with Gasteiger partial charge in [-0.15, -0.1) is 0 Å². The highest BCUT2D eigenvalue weighted by Gasteiger charge is 2.10. The summed E-state index contributed by atoms with van der Waals surface area (Å²) in [6.45, 7) is 1.98. The lowest BCUT2D eigenvalue weighted by atomic mass is 10.0. The zero-order valence-electron chi connectivity index (χ0n) is 9.27. The molecular formula is C13H13NO2. The van der Waals surface area contributed by atoms with Crippen LogP contribution in [-0.2, 0) is 0 Å². The number of hydrogen-bond donors (Lipinski definition) is 1. The first kappa shape index (κ1) is 10.5. The fraction of sp³-hybridized carbons (Fsp3) is 0.154. The van der Waals surface area contributed by atoms with Gasteiger partial charge in [0.1, 0.15) is 0 Å². The predicted octanol–water partition coefficient (Wildman–Crippen LogP) is 2.77. The molecule has 0 aliphatic rings. The van der Waals surface area contributed by atoms with Gasteiger partial charge in [-0.2, -0.15) is 0 Å². The zero-order chi connectivity index (χ0) is 11.5. The number of methoxy groups -OCH3 is 1. The number of benzene rings is 1. The van der Waals surface area contributed by atoms with E-state index < -0.39 is 0 Å². The summed E-state index contributed by atoms with van der Waals surface area (Å²) >= 11 is 0. The lowest BCUT2D eigenvalue weighted by molar-refractivity contribution is 0.374. The number of phenolic OH excluding ortho intramolecular Hbond substituents is 1. The molecule has 0 amide bonds. The van der Waals surface area contributed by atoms with Gasteiger partial charge in [-0.1, -0.05) is 12.1 Å². The maximum absolute atomic E-state index is 10.0. The number of para-hydroxylation sites is 1. The van der Waals surface area contributed by atoms with Gasteiger partial charge < -0.3 is 9.84 Å². The van der Waals surface area contributed by atoms with E-state index in [0.29, 0.717) is 5.75 Å². The Hall–Kier alpha value is -2.03. The summed E-state index contributed by atoms with van der Waals surface area (Å²) in [6, 6.07) is 7.33. The number of rotatable bonds is 2. The first-order chi connectivity index (χ1) is 7.74. The van der Waals surface area contributed by atoms with Gasteiger partial charge in [0.05, 0.1) is 7.11 Å². The molecule has 82 valence electrons. The van der Waals surface area contributed by atoms with E-state index in [1.807, 2.05) is 25.1 Å². The van der Waals surface area contributed by atoms with Crippen molar-refractivity contribution in [3.8, 4) is 22.6 Å². The Morgan fingerprint density at radius 3 is 2.69 bits per heavy atom. The van der Waals surface area contributed by atoms with Crippen LogP contribution in [0.4, 0.5) is 0 Å². The van der Waals surface area contributed by atoms with E-state index in [0.717, 1.165) is 16.7 Å². The highest BCUT2D eigenvalue weighted by atomic mass is 16.5. The summed E-state index contributed by atoms with van der Waals surface area (Å²) in [5.41, 5.74) is 2.72. The number of ether oxygens (including phenoxy) is 1. The Morgan fingerprint density at radius 2 is 2.00 bits per heavy atom. The smallest absolute Gasteiger partial charge is 0.165 e. The summed E-state index contributed by atoms with van der Waals surface area (Å²) in [4.78, 5) is 4.07. The van der Waals surface area contributed by atoms with Crippen molar-refractivity contribution in [2.75, 3.05) is 7.11 Å². The standard InChI is InChI=1S/C13H13NO2/c1-9-6-7-14-8-11(9)10-4-3-5-12(16-2)13(10)15/h3-8,15H,1-2H3. The van der Waals surface area contributed by atoms with Crippen molar-refractivity contribution < 1.29 is 9.84 Å². The molecule has 0 unspecified atom stereocenters. The van der Waals surface area contributed by atoms with Crippen LogP contribution >= 0.6 is 0 Å². The minimum Gasteiger partial charge on any atom is -0.504 e. The average Bonchev–Trinajstić information content (AvgIpc) is 2.31. The Morgan fingerprint density at radius 1 is 1.19 bits per heavy atom. The fourth-order valence-electron chi connectivity index (χ4n) is 1.65. The second-order valence-corrected chi connectivity index (χ2v) is 3.55. The Balaban J connectivity index is 2.61. The molecule has 1 heterocycles. The van der Waals surface area contributed by atoms with E-state index in [4.69, 9.17) is 4.74 Å². The Bertz CT molecular complexity index is 509. The van der Waals surface area contributed by atoms with Gasteiger partial charge in [-0.25, -0.2) is 0 Å². The maximum Gasteiger partial charge on any atom is 0.165 e. The van der Waals surface area contributed by atoms with Crippen LogP contribution in [0.2, 0.25) is 0 Å². The molecule has 0 spiro atoms. The van der Waals surface area contributed by atoms with Crippen LogP contribution in [0.15, 0.2) is 36.7 Å². The number of aromatic nitrogens is 1. The number of pyridine rings is 1. The molecule has 0 bridgehead atoms. The quantitative estimate of drug-likeness (QED) is 0.837.